The second kappa shape index (κ2) is 2.91. The molecule has 1 N–H and O–H groups in total. The van der Waals surface area contributed by atoms with Crippen LogP contribution in [0, 0.1) is 6.57 Å². The number of carbonyl (C=O) groups is 1. The fourth-order valence-corrected chi connectivity index (χ4v) is 0.0856. The molecule has 0 unspecified atom stereocenters. The Morgan fingerprint density at radius 2 is 2.43 bits per heavy atom. The summed E-state index contributed by atoms with van der Waals surface area (Å²) in [4.78, 5) is 12.1. The Morgan fingerprint density at radius 1 is 1.86 bits per heavy atom. The fourth-order valence-electron chi connectivity index (χ4n) is 0.0856. The number of hydrogen-bond acceptors (Lipinski definition) is 2. The van der Waals surface area contributed by atoms with Crippen LogP contribution in [0.15, 0.2) is 12.0 Å². The molecule has 0 aliphatic rings. The van der Waals surface area contributed by atoms with E-state index in [-0.39, 0.29) is 12.0 Å². The smallest absolute Gasteiger partial charge is 0.259 e. The number of aliphatic hydroxyl groups is 1. The van der Waals surface area contributed by atoms with Crippen LogP contribution in [0.2, 0.25) is 0 Å². The van der Waals surface area contributed by atoms with Crippen molar-refractivity contribution < 1.29 is 9.90 Å². The highest BCUT2D eigenvalue weighted by molar-refractivity contribution is 5.74. The van der Waals surface area contributed by atoms with Gasteiger partial charge in [-0.3, -0.25) is 0 Å². The van der Waals surface area contributed by atoms with Crippen LogP contribution in [-0.4, -0.2) is 11.4 Å². The molecule has 0 heterocycles. The first-order chi connectivity index (χ1) is 3.35. The van der Waals surface area contributed by atoms with Crippen LogP contribution < -0.4 is 0 Å². The molecule has 7 heavy (non-hydrogen) atoms. The van der Waals surface area contributed by atoms with Crippen molar-refractivity contribution >= 4 is 6.29 Å². The Kier molecular flexibility index (Phi) is 2.37. The number of hydrogen-bond donors (Lipinski definition) is 1. The van der Waals surface area contributed by atoms with E-state index in [4.69, 9.17) is 11.7 Å². The number of aldehydes is 1. The van der Waals surface area contributed by atoms with Crippen LogP contribution >= 0.6 is 0 Å². The molecule has 3 heteroatoms. The zero-order valence-electron chi connectivity index (χ0n) is 3.46. The van der Waals surface area contributed by atoms with E-state index >= 15 is 0 Å². The second-order valence-corrected chi connectivity index (χ2v) is 0.784. The Labute approximate surface area is 40.7 Å². The minimum Gasteiger partial charge on any atom is -0.526 e. The number of rotatable bonds is 1. The number of nitrogens with zero attached hydrogens (tertiary/aromatic N) is 1. The molecule has 3 nitrogen and oxygen atoms in total. The largest absolute Gasteiger partial charge is 0.526 e. The molecule has 0 bridgehead atoms. The van der Waals surface area contributed by atoms with Gasteiger partial charge in [-0.2, -0.15) is 0 Å². The van der Waals surface area contributed by atoms with Gasteiger partial charge in [0.15, 0.2) is 6.29 Å². The third kappa shape index (κ3) is 1.55. The monoisotopic (exact) mass is 97.0 g/mol. The fraction of sp³-hybridized carbons (Fsp3) is 0. The van der Waals surface area contributed by atoms with Gasteiger partial charge < -0.3 is 9.90 Å². The zero-order chi connectivity index (χ0) is 5.70. The van der Waals surface area contributed by atoms with Crippen LogP contribution in [0.3, 0.4) is 0 Å². The summed E-state index contributed by atoms with van der Waals surface area (Å²) < 4.78 is 0. The van der Waals surface area contributed by atoms with Crippen molar-refractivity contribution in [3.05, 3.63) is 23.4 Å². The molecular weight excluding hydrogens is 94.0 g/mol. The van der Waals surface area contributed by atoms with Crippen molar-refractivity contribution in [3.8, 4) is 0 Å². The Morgan fingerprint density at radius 3 is 2.43 bits per heavy atom. The predicted molar refractivity (Wildman–Crippen MR) is 23.4 cm³/mol. The average molecular weight is 97.1 g/mol. The zero-order valence-corrected chi connectivity index (χ0v) is 3.46. The molecule has 0 aromatic rings. The Hall–Kier alpha value is -1.30. The van der Waals surface area contributed by atoms with Gasteiger partial charge in [-0.1, -0.05) is 0 Å². The quantitative estimate of drug-likeness (QED) is 0.224. The molecule has 0 saturated carbocycles. The lowest BCUT2D eigenvalue weighted by Gasteiger charge is -1.71. The Balaban J connectivity index is 3.94. The van der Waals surface area contributed by atoms with Crippen molar-refractivity contribution in [2.45, 2.75) is 0 Å². The van der Waals surface area contributed by atoms with Crippen molar-refractivity contribution in [1.29, 1.82) is 0 Å². The minimum atomic E-state index is -0.278. The van der Waals surface area contributed by atoms with Crippen LogP contribution in [0.5, 0.6) is 0 Å². The summed E-state index contributed by atoms with van der Waals surface area (Å²) in [5, 5.41) is 7.92. The molecule has 0 radical (unpaired) electrons. The summed E-state index contributed by atoms with van der Waals surface area (Å²) in [5.41, 5.74) is -0.278. The van der Waals surface area contributed by atoms with Gasteiger partial charge in [0.1, 0.15) is 0 Å². The SMILES string of the molecule is [C-]#[N+]/C(C=O)=C/O. The van der Waals surface area contributed by atoms with E-state index in [1.165, 1.54) is 0 Å². The van der Waals surface area contributed by atoms with Crippen LogP contribution in [0.1, 0.15) is 0 Å². The first kappa shape index (κ1) is 5.70. The maximum absolute atomic E-state index is 9.53. The maximum atomic E-state index is 9.53. The summed E-state index contributed by atoms with van der Waals surface area (Å²) in [6.45, 7) is 6.13. The van der Waals surface area contributed by atoms with E-state index in [0.29, 0.717) is 6.26 Å². The van der Waals surface area contributed by atoms with E-state index in [1.807, 2.05) is 0 Å². The van der Waals surface area contributed by atoms with Gasteiger partial charge in [-0.05, 0) is 0 Å². The van der Waals surface area contributed by atoms with Crippen LogP contribution in [-0.2, 0) is 4.79 Å². The molecular formula is C4H3NO2. The third-order valence-electron chi connectivity index (χ3n) is 0.382. The normalized spacial score (nSPS) is 9.86. The third-order valence-corrected chi connectivity index (χ3v) is 0.382. The van der Waals surface area contributed by atoms with E-state index in [2.05, 4.69) is 4.85 Å². The molecule has 0 aromatic carbocycles. The van der Waals surface area contributed by atoms with Crippen LogP contribution in [0.4, 0.5) is 0 Å². The lowest BCUT2D eigenvalue weighted by Crippen LogP contribution is -1.72. The minimum absolute atomic E-state index is 0.278. The molecule has 0 aliphatic heterocycles. The number of allylic oxidation sites excluding steroid dienone is 1. The summed E-state index contributed by atoms with van der Waals surface area (Å²) in [5.74, 6) is 0. The van der Waals surface area contributed by atoms with E-state index in [1.54, 1.807) is 0 Å². The highest BCUT2D eigenvalue weighted by Gasteiger charge is 1.85. The summed E-state index contributed by atoms with van der Waals surface area (Å²) in [6.07, 6.45) is 0.757. The lowest BCUT2D eigenvalue weighted by molar-refractivity contribution is -0.104. The summed E-state index contributed by atoms with van der Waals surface area (Å²) >= 11 is 0. The average Bonchev–Trinajstić information content (AvgIpc) is 1.72. The van der Waals surface area contributed by atoms with Gasteiger partial charge in [0.25, 0.3) is 5.70 Å². The highest BCUT2D eigenvalue weighted by atomic mass is 16.2. The van der Waals surface area contributed by atoms with Crippen molar-refractivity contribution in [1.82, 2.24) is 0 Å². The van der Waals surface area contributed by atoms with E-state index in [9.17, 15) is 4.79 Å². The standard InChI is InChI=1S/C4H3NO2/c1-5-4(2-6)3-7/h2-3,6H/b4-2+. The maximum Gasteiger partial charge on any atom is 0.259 e. The topological polar surface area (TPSA) is 41.7 Å². The number of carbonyl (C=O) groups excluding carboxylic acids is 1. The van der Waals surface area contributed by atoms with Crippen molar-refractivity contribution in [2.24, 2.45) is 0 Å². The van der Waals surface area contributed by atoms with Crippen molar-refractivity contribution in [3.63, 3.8) is 0 Å². The van der Waals surface area contributed by atoms with E-state index in [0.717, 1.165) is 0 Å². The summed E-state index contributed by atoms with van der Waals surface area (Å²) in [6, 6.07) is 0. The first-order valence-corrected chi connectivity index (χ1v) is 1.52. The molecule has 36 valence electrons. The molecule has 0 rings (SSSR count). The van der Waals surface area contributed by atoms with Gasteiger partial charge in [0.2, 0.25) is 0 Å². The lowest BCUT2D eigenvalue weighted by atomic mass is 10.6. The van der Waals surface area contributed by atoms with Gasteiger partial charge in [-0.15, -0.1) is 0 Å². The molecule has 0 spiro atoms. The van der Waals surface area contributed by atoms with Gasteiger partial charge in [-0.25, -0.2) is 4.85 Å². The van der Waals surface area contributed by atoms with Gasteiger partial charge in [0, 0.05) is 0 Å². The second-order valence-electron chi connectivity index (χ2n) is 0.784. The highest BCUT2D eigenvalue weighted by Crippen LogP contribution is 1.84. The Bertz CT molecular complexity index is 131. The van der Waals surface area contributed by atoms with Crippen LogP contribution in [0.25, 0.3) is 4.85 Å². The molecule has 0 saturated heterocycles. The number of aliphatic hydroxyl groups excluding tert-OH is 1. The molecule has 0 amide bonds. The predicted octanol–water partition coefficient (Wildman–Crippen LogP) is 0.504. The molecule has 0 aliphatic carbocycles. The van der Waals surface area contributed by atoms with Gasteiger partial charge in [0.05, 0.1) is 12.8 Å². The van der Waals surface area contributed by atoms with E-state index < -0.39 is 0 Å². The molecule has 0 aromatic heterocycles. The summed E-state index contributed by atoms with van der Waals surface area (Å²) in [7, 11) is 0. The molecule has 0 atom stereocenters. The molecule has 0 fully saturated rings. The van der Waals surface area contributed by atoms with Gasteiger partial charge >= 0.3 is 0 Å². The van der Waals surface area contributed by atoms with Crippen molar-refractivity contribution in [2.75, 3.05) is 0 Å². The first-order valence-electron chi connectivity index (χ1n) is 1.52.